The molecule has 0 fully saturated rings. The number of allylic oxidation sites excluding steroid dienone is 2. The zero-order valence-electron chi connectivity index (χ0n) is 33.0. The van der Waals surface area contributed by atoms with Crippen molar-refractivity contribution in [3.8, 4) is 22.3 Å². The van der Waals surface area contributed by atoms with Crippen LogP contribution in [0.2, 0.25) is 12.1 Å². The van der Waals surface area contributed by atoms with Gasteiger partial charge in [-0.05, 0) is 185 Å². The van der Waals surface area contributed by atoms with E-state index in [1.165, 1.54) is 100 Å². The number of benzene rings is 4. The molecule has 0 bridgehead atoms. The molecule has 0 aliphatic heterocycles. The van der Waals surface area contributed by atoms with Crippen LogP contribution in [0.15, 0.2) is 81.6 Å². The summed E-state index contributed by atoms with van der Waals surface area (Å²) < 4.78 is 12.8. The van der Waals surface area contributed by atoms with Crippen molar-refractivity contribution in [1.82, 2.24) is 0 Å². The van der Waals surface area contributed by atoms with E-state index in [0.717, 1.165) is 44.6 Å². The fraction of sp³-hybridized carbons (Fsp3) is 0.280. The monoisotopic (exact) mass is 710 g/mol. The molecule has 0 spiro atoms. The molecule has 0 amide bonds. The molecule has 8 rings (SSSR count). The first-order valence-corrected chi connectivity index (χ1v) is 20.5. The fourth-order valence-electron chi connectivity index (χ4n) is 9.12. The Morgan fingerprint density at radius 2 is 0.849 bits per heavy atom. The molecule has 0 saturated heterocycles. The number of aryl methyl sites for hydroxylation is 8. The van der Waals surface area contributed by atoms with Crippen LogP contribution in [0.4, 0.5) is 0 Å². The maximum atomic E-state index is 6.39. The lowest BCUT2D eigenvalue weighted by atomic mass is 9.86. The van der Waals surface area contributed by atoms with Gasteiger partial charge in [0.15, 0.2) is 0 Å². The number of hydrogen-bond donors (Lipinski definition) is 0. The Morgan fingerprint density at radius 1 is 0.472 bits per heavy atom. The number of rotatable bonds is 8. The summed E-state index contributed by atoms with van der Waals surface area (Å²) in [7, 11) is 0.741. The molecule has 6 aromatic rings. The van der Waals surface area contributed by atoms with E-state index >= 15 is 0 Å². The molecule has 2 nitrogen and oxygen atoms in total. The highest BCUT2D eigenvalue weighted by Crippen LogP contribution is 2.52. The second-order valence-corrected chi connectivity index (χ2v) is 17.2. The lowest BCUT2D eigenvalue weighted by Crippen LogP contribution is -2.08. The van der Waals surface area contributed by atoms with E-state index in [-0.39, 0.29) is 11.8 Å². The highest BCUT2D eigenvalue weighted by Gasteiger charge is 2.34. The minimum atomic E-state index is 0.266. The summed E-state index contributed by atoms with van der Waals surface area (Å²) in [5, 5.41) is 0. The largest absolute Gasteiger partial charge is 0.462 e. The molecular formula is C50H50O2Si. The summed E-state index contributed by atoms with van der Waals surface area (Å²) >= 11 is 0. The second kappa shape index (κ2) is 13.5. The first kappa shape index (κ1) is 35.2. The molecule has 4 aromatic carbocycles. The first-order valence-electron chi connectivity index (χ1n) is 19.1. The Morgan fingerprint density at radius 3 is 1.19 bits per heavy atom. The van der Waals surface area contributed by atoms with Gasteiger partial charge in [-0.1, -0.05) is 70.8 Å². The highest BCUT2D eigenvalue weighted by atomic mass is 28.2. The van der Waals surface area contributed by atoms with Crippen LogP contribution in [0.5, 0.6) is 0 Å². The molecule has 53 heavy (non-hydrogen) atoms. The molecule has 2 aliphatic carbocycles. The zero-order valence-corrected chi connectivity index (χ0v) is 34.0. The Kier molecular flexibility index (Phi) is 8.98. The molecule has 2 aromatic heterocycles. The van der Waals surface area contributed by atoms with Gasteiger partial charge < -0.3 is 8.83 Å². The lowest BCUT2D eigenvalue weighted by molar-refractivity contribution is 0.518. The Labute approximate surface area is 318 Å². The van der Waals surface area contributed by atoms with Crippen LogP contribution < -0.4 is 0 Å². The highest BCUT2D eigenvalue weighted by molar-refractivity contribution is 6.37. The van der Waals surface area contributed by atoms with Gasteiger partial charge in [-0.15, -0.1) is 0 Å². The average molecular weight is 711 g/mol. The van der Waals surface area contributed by atoms with Crippen molar-refractivity contribution < 1.29 is 8.83 Å². The third-order valence-electron chi connectivity index (χ3n) is 11.7. The van der Waals surface area contributed by atoms with Gasteiger partial charge >= 0.3 is 0 Å². The maximum absolute atomic E-state index is 6.39. The second-order valence-electron chi connectivity index (χ2n) is 15.9. The number of fused-ring (bicyclic) bond motifs is 2. The molecule has 2 radical (unpaired) electrons. The summed E-state index contributed by atoms with van der Waals surface area (Å²) in [4.78, 5) is 0. The zero-order chi connectivity index (χ0) is 37.3. The third kappa shape index (κ3) is 6.33. The Bertz CT molecular complexity index is 2280. The van der Waals surface area contributed by atoms with Crippen LogP contribution in [0.1, 0.15) is 102 Å². The Hall–Kier alpha value is -4.86. The number of hydrogen-bond acceptors (Lipinski definition) is 2. The minimum Gasteiger partial charge on any atom is -0.462 e. The smallest absolute Gasteiger partial charge is 0.130 e. The third-order valence-corrected chi connectivity index (χ3v) is 13.1. The van der Waals surface area contributed by atoms with E-state index in [1.54, 1.807) is 0 Å². The van der Waals surface area contributed by atoms with Crippen molar-refractivity contribution in [1.29, 1.82) is 0 Å². The average Bonchev–Trinajstić information content (AvgIpc) is 3.87. The van der Waals surface area contributed by atoms with Crippen LogP contribution in [0.3, 0.4) is 0 Å². The van der Waals surface area contributed by atoms with Crippen LogP contribution >= 0.6 is 0 Å². The van der Waals surface area contributed by atoms with Crippen molar-refractivity contribution in [2.45, 2.75) is 93.2 Å². The summed E-state index contributed by atoms with van der Waals surface area (Å²) in [5.41, 5.74) is 24.2. The minimum absolute atomic E-state index is 0.266. The Balaban J connectivity index is 1.20. The summed E-state index contributed by atoms with van der Waals surface area (Å²) in [6.45, 7) is 22.1. The van der Waals surface area contributed by atoms with Crippen molar-refractivity contribution >= 4 is 32.8 Å². The van der Waals surface area contributed by atoms with Crippen molar-refractivity contribution in [2.24, 2.45) is 0 Å². The molecule has 2 aliphatic rings. The van der Waals surface area contributed by atoms with Crippen molar-refractivity contribution in [3.05, 3.63) is 163 Å². The van der Waals surface area contributed by atoms with Crippen LogP contribution in [-0.2, 0) is 0 Å². The molecule has 2 atom stereocenters. The van der Waals surface area contributed by atoms with Gasteiger partial charge in [-0.2, -0.15) is 0 Å². The van der Waals surface area contributed by atoms with Gasteiger partial charge in [-0.3, -0.25) is 0 Å². The fourth-order valence-corrected chi connectivity index (χ4v) is 10.7. The van der Waals surface area contributed by atoms with E-state index in [4.69, 9.17) is 8.83 Å². The van der Waals surface area contributed by atoms with Crippen LogP contribution in [0, 0.1) is 69.2 Å². The van der Waals surface area contributed by atoms with Crippen LogP contribution in [-0.4, -0.2) is 9.52 Å². The summed E-state index contributed by atoms with van der Waals surface area (Å²) in [6.07, 6.45) is 4.90. The van der Waals surface area contributed by atoms with E-state index in [0.29, 0.717) is 0 Å². The standard InChI is InChI=1S/C50H50O2Si/c1-27-15-28(2)18-37(17-27)49-35(9)31(5)21-39-43(49)23-41(47-13-11-33(7)51-47)45(39)25-53-26-46-40-22-32(6)36(10)50(38-19-29(3)16-30(4)20-38)44(40)24-42(46)48-14-12-34(8)52-48/h11-24,45-46H,25-26H2,1-10H3. The topological polar surface area (TPSA) is 26.3 Å². The SMILES string of the molecule is Cc1cc(C)cc(-c2c(C)c(C)cc3c2C=C(c2ccc(C)o2)C3C[Si]CC2C(c3ccc(C)o3)=Cc3c2cc(C)c(C)c3-c2cc(C)cc(C)c2)c1. The summed E-state index contributed by atoms with van der Waals surface area (Å²) in [6, 6.07) is 29.6. The molecule has 2 unspecified atom stereocenters. The predicted molar refractivity (Wildman–Crippen MR) is 225 cm³/mol. The molecule has 266 valence electrons. The molecular weight excluding hydrogens is 661 g/mol. The molecule has 2 heterocycles. The van der Waals surface area contributed by atoms with Gasteiger partial charge in [0, 0.05) is 32.5 Å². The van der Waals surface area contributed by atoms with Gasteiger partial charge in [-0.25, -0.2) is 0 Å². The van der Waals surface area contributed by atoms with E-state index < -0.39 is 0 Å². The van der Waals surface area contributed by atoms with Crippen LogP contribution in [0.25, 0.3) is 45.6 Å². The van der Waals surface area contributed by atoms with Gasteiger partial charge in [0.2, 0.25) is 0 Å². The summed E-state index contributed by atoms with van der Waals surface area (Å²) in [5.74, 6) is 4.44. The van der Waals surface area contributed by atoms with Gasteiger partial charge in [0.25, 0.3) is 0 Å². The van der Waals surface area contributed by atoms with E-state index in [9.17, 15) is 0 Å². The van der Waals surface area contributed by atoms with Crippen molar-refractivity contribution in [3.63, 3.8) is 0 Å². The number of furan rings is 2. The first-order chi connectivity index (χ1) is 25.4. The van der Waals surface area contributed by atoms with Crippen molar-refractivity contribution in [2.75, 3.05) is 0 Å². The van der Waals surface area contributed by atoms with E-state index in [1.807, 2.05) is 0 Å². The molecule has 0 N–H and O–H groups in total. The van der Waals surface area contributed by atoms with Gasteiger partial charge in [0.05, 0.1) is 0 Å². The molecule has 3 heteroatoms. The van der Waals surface area contributed by atoms with E-state index in [2.05, 4.69) is 154 Å². The van der Waals surface area contributed by atoms with Gasteiger partial charge in [0.1, 0.15) is 23.0 Å². The lowest BCUT2D eigenvalue weighted by Gasteiger charge is -2.22. The molecule has 0 saturated carbocycles. The maximum Gasteiger partial charge on any atom is 0.130 e. The normalized spacial score (nSPS) is 16.2. The quantitative estimate of drug-likeness (QED) is 0.147. The predicted octanol–water partition coefficient (Wildman–Crippen LogP) is 13.8.